The Kier molecular flexibility index (Phi) is 19.4. The molecule has 16 nitrogen and oxygen atoms in total. The van der Waals surface area contributed by atoms with Crippen LogP contribution in [0.1, 0.15) is 38.8 Å². The number of carbonyl (C=O) groups is 3. The van der Waals surface area contributed by atoms with E-state index in [0.717, 1.165) is 25.9 Å². The fourth-order valence-electron chi connectivity index (χ4n) is 4.83. The number of hydrogen-bond donors (Lipinski definition) is 1. The molecule has 0 aliphatic carbocycles. The van der Waals surface area contributed by atoms with Crippen LogP contribution in [0.2, 0.25) is 0 Å². The van der Waals surface area contributed by atoms with Crippen molar-refractivity contribution >= 4 is 17.8 Å². The lowest BCUT2D eigenvalue weighted by molar-refractivity contribution is -0.140. The molecule has 1 unspecified atom stereocenters. The second-order valence-electron chi connectivity index (χ2n) is 11.6. The first-order chi connectivity index (χ1) is 22.9. The first kappa shape index (κ1) is 38.7. The van der Waals surface area contributed by atoms with E-state index in [1.165, 1.54) is 4.90 Å². The summed E-state index contributed by atoms with van der Waals surface area (Å²) in [5, 5.41) is 11.0. The predicted octanol–water partition coefficient (Wildman–Crippen LogP) is 0.731. The summed E-state index contributed by atoms with van der Waals surface area (Å²) in [6.07, 6.45) is 4.11. The molecule has 3 heterocycles. The lowest BCUT2D eigenvalue weighted by Crippen LogP contribution is -2.45. The number of nitrogens with zero attached hydrogens (tertiary/aromatic N) is 5. The van der Waals surface area contributed by atoms with Gasteiger partial charge < -0.3 is 43.4 Å². The summed E-state index contributed by atoms with van der Waals surface area (Å²) in [6, 6.07) is -0.00567. The highest BCUT2D eigenvalue weighted by molar-refractivity contribution is 6.03. The van der Waals surface area contributed by atoms with E-state index in [9.17, 15) is 14.4 Å². The normalized spacial score (nSPS) is 17.3. The van der Waals surface area contributed by atoms with Crippen molar-refractivity contribution in [3.63, 3.8) is 0 Å². The zero-order chi connectivity index (χ0) is 33.5. The van der Waals surface area contributed by atoms with E-state index < -0.39 is 0 Å². The molecule has 268 valence electrons. The Hall–Kier alpha value is -2.73. The molecule has 1 atom stereocenters. The molecule has 1 aromatic heterocycles. The van der Waals surface area contributed by atoms with Gasteiger partial charge in [0.2, 0.25) is 11.8 Å². The van der Waals surface area contributed by atoms with Crippen LogP contribution in [0.15, 0.2) is 6.20 Å². The van der Waals surface area contributed by atoms with Crippen molar-refractivity contribution in [2.75, 3.05) is 112 Å². The Bertz CT molecular complexity index is 1020. The van der Waals surface area contributed by atoms with Crippen LogP contribution < -0.4 is 5.32 Å². The van der Waals surface area contributed by atoms with Crippen molar-refractivity contribution in [3.05, 3.63) is 11.9 Å². The van der Waals surface area contributed by atoms with E-state index in [0.29, 0.717) is 117 Å². The van der Waals surface area contributed by atoms with Gasteiger partial charge in [0.25, 0.3) is 0 Å². The molecule has 0 aromatic carbocycles. The van der Waals surface area contributed by atoms with Crippen LogP contribution >= 0.6 is 0 Å². The molecule has 2 aliphatic heterocycles. The van der Waals surface area contributed by atoms with Crippen molar-refractivity contribution in [1.29, 1.82) is 0 Å². The Balaban J connectivity index is 0.973. The van der Waals surface area contributed by atoms with E-state index in [2.05, 4.69) is 22.6 Å². The largest absolute Gasteiger partial charge is 0.377 e. The molecule has 2 saturated heterocycles. The van der Waals surface area contributed by atoms with E-state index in [-0.39, 0.29) is 36.7 Å². The molecule has 0 spiro atoms. The number of likely N-dealkylation sites (tertiary alicyclic amines) is 2. The molecule has 16 heteroatoms. The zero-order valence-corrected chi connectivity index (χ0v) is 28.1. The van der Waals surface area contributed by atoms with Gasteiger partial charge in [-0.2, -0.15) is 0 Å². The fourth-order valence-corrected chi connectivity index (χ4v) is 4.83. The Morgan fingerprint density at radius 1 is 0.766 bits per heavy atom. The monoisotopic (exact) mass is 670 g/mol. The number of nitrogens with one attached hydrogen (secondary N) is 1. The van der Waals surface area contributed by atoms with E-state index in [4.69, 9.17) is 33.2 Å². The lowest BCUT2D eigenvalue weighted by atomic mass is 10.00. The van der Waals surface area contributed by atoms with Gasteiger partial charge in [0, 0.05) is 32.0 Å². The summed E-state index contributed by atoms with van der Waals surface area (Å²) < 4.78 is 40.1. The number of amides is 4. The number of imide groups is 1. The van der Waals surface area contributed by atoms with Crippen molar-refractivity contribution in [1.82, 2.24) is 30.1 Å². The molecule has 0 bridgehead atoms. The number of rotatable bonds is 26. The molecule has 3 rings (SSSR count). The maximum atomic E-state index is 12.1. The Labute approximate surface area is 277 Å². The van der Waals surface area contributed by atoms with Gasteiger partial charge in [-0.15, -0.1) is 5.10 Å². The Morgan fingerprint density at radius 3 is 1.74 bits per heavy atom. The lowest BCUT2D eigenvalue weighted by Gasteiger charge is -2.30. The van der Waals surface area contributed by atoms with Crippen LogP contribution in [0, 0.1) is 11.8 Å². The second kappa shape index (κ2) is 23.6. The SMILES string of the molecule is CC1CCN(C(=O)NCCOCCOCCOCCOCCOCCOCCOCCn2cc(CN3C(=O)CC(C)C3=O)nn2)CC1. The van der Waals surface area contributed by atoms with Crippen molar-refractivity contribution in [3.8, 4) is 0 Å². The third-order valence-corrected chi connectivity index (χ3v) is 7.67. The number of carbonyl (C=O) groups excluding carboxylic acids is 3. The fraction of sp³-hybridized carbons (Fsp3) is 0.839. The van der Waals surface area contributed by atoms with E-state index in [1.54, 1.807) is 17.8 Å². The molecule has 0 radical (unpaired) electrons. The van der Waals surface area contributed by atoms with Gasteiger partial charge in [0.1, 0.15) is 5.69 Å². The smallest absolute Gasteiger partial charge is 0.317 e. The first-order valence-electron chi connectivity index (χ1n) is 16.7. The molecule has 4 amide bonds. The number of piperidine rings is 1. The van der Waals surface area contributed by atoms with Gasteiger partial charge in [0.05, 0.1) is 112 Å². The van der Waals surface area contributed by atoms with E-state index >= 15 is 0 Å². The molecule has 1 aromatic rings. The molecule has 2 fully saturated rings. The molecule has 47 heavy (non-hydrogen) atoms. The Morgan fingerprint density at radius 2 is 1.26 bits per heavy atom. The van der Waals surface area contributed by atoms with E-state index in [1.807, 2.05) is 4.90 Å². The van der Waals surface area contributed by atoms with Gasteiger partial charge in [-0.25, -0.2) is 9.48 Å². The minimum Gasteiger partial charge on any atom is -0.377 e. The molecular formula is C31H54N6O10. The third kappa shape index (κ3) is 16.3. The van der Waals surface area contributed by atoms with Crippen molar-refractivity contribution in [2.24, 2.45) is 11.8 Å². The number of urea groups is 1. The van der Waals surface area contributed by atoms with Gasteiger partial charge >= 0.3 is 6.03 Å². The predicted molar refractivity (Wildman–Crippen MR) is 168 cm³/mol. The second-order valence-corrected chi connectivity index (χ2v) is 11.6. The summed E-state index contributed by atoms with van der Waals surface area (Å²) in [5.74, 6) is 0.0983. The summed E-state index contributed by atoms with van der Waals surface area (Å²) in [7, 11) is 0. The number of ether oxygens (including phenoxy) is 7. The van der Waals surface area contributed by atoms with Gasteiger partial charge in [0.15, 0.2) is 0 Å². The maximum Gasteiger partial charge on any atom is 0.317 e. The number of aromatic nitrogens is 3. The first-order valence-corrected chi connectivity index (χ1v) is 16.7. The highest BCUT2D eigenvalue weighted by atomic mass is 16.6. The topological polar surface area (TPSA) is 165 Å². The zero-order valence-electron chi connectivity index (χ0n) is 28.1. The van der Waals surface area contributed by atoms with Crippen molar-refractivity contribution < 1.29 is 47.5 Å². The van der Waals surface area contributed by atoms with Crippen LogP contribution in [0.25, 0.3) is 0 Å². The molecule has 0 saturated carbocycles. The summed E-state index contributed by atoms with van der Waals surface area (Å²) in [5.41, 5.74) is 0.570. The minimum absolute atomic E-state index is 0.00567. The quantitative estimate of drug-likeness (QED) is 0.109. The molecule has 1 N–H and O–H groups in total. The average molecular weight is 671 g/mol. The summed E-state index contributed by atoms with van der Waals surface area (Å²) in [4.78, 5) is 39.1. The molecule has 2 aliphatic rings. The van der Waals surface area contributed by atoms with Crippen LogP contribution in [0.4, 0.5) is 4.79 Å². The standard InChI is InChI=1S/C31H54N6O10/c1-26-3-6-35(7-4-26)31(40)32-5-9-41-11-13-43-15-17-45-19-21-47-22-20-46-18-16-44-14-12-42-10-8-36-24-28(33-34-36)25-37-29(38)23-27(2)30(37)39/h24,26-27H,3-23,25H2,1-2H3,(H,32,40). The van der Waals surface area contributed by atoms with Gasteiger partial charge in [-0.1, -0.05) is 19.1 Å². The van der Waals surface area contributed by atoms with Crippen LogP contribution in [0.3, 0.4) is 0 Å². The minimum atomic E-state index is -0.270. The van der Waals surface area contributed by atoms with Crippen molar-refractivity contribution in [2.45, 2.75) is 46.2 Å². The summed E-state index contributed by atoms with van der Waals surface area (Å²) >= 11 is 0. The van der Waals surface area contributed by atoms with Crippen LogP contribution in [-0.2, 0) is 55.8 Å². The maximum absolute atomic E-state index is 12.1. The van der Waals surface area contributed by atoms with Crippen LogP contribution in [0.5, 0.6) is 0 Å². The third-order valence-electron chi connectivity index (χ3n) is 7.67. The summed E-state index contributed by atoms with van der Waals surface area (Å²) in [6.45, 7) is 13.3. The number of hydrogen-bond acceptors (Lipinski definition) is 12. The molecular weight excluding hydrogens is 616 g/mol. The van der Waals surface area contributed by atoms with Crippen LogP contribution in [-0.4, -0.2) is 155 Å². The van der Waals surface area contributed by atoms with Gasteiger partial charge in [-0.05, 0) is 18.8 Å². The highest BCUT2D eigenvalue weighted by Crippen LogP contribution is 2.20. The average Bonchev–Trinajstić information content (AvgIpc) is 3.61. The van der Waals surface area contributed by atoms with Gasteiger partial charge in [-0.3, -0.25) is 14.5 Å². The highest BCUT2D eigenvalue weighted by Gasteiger charge is 2.35.